The fourth-order valence-corrected chi connectivity index (χ4v) is 3.15. The normalized spacial score (nSPS) is 29.4. The zero-order valence-corrected chi connectivity index (χ0v) is 11.9. The summed E-state index contributed by atoms with van der Waals surface area (Å²) < 4.78 is 0. The Morgan fingerprint density at radius 3 is 2.67 bits per heavy atom. The Morgan fingerprint density at radius 2 is 1.94 bits per heavy atom. The monoisotopic (exact) mass is 246 g/mol. The summed E-state index contributed by atoms with van der Waals surface area (Å²) in [6.45, 7) is 9.48. The van der Waals surface area contributed by atoms with Crippen LogP contribution in [0, 0.1) is 11.8 Å². The third-order valence-corrected chi connectivity index (χ3v) is 4.44. The fraction of sp³-hybridized carbons (Fsp3) is 0.625. The van der Waals surface area contributed by atoms with Gasteiger partial charge in [-0.25, -0.2) is 0 Å². The lowest BCUT2D eigenvalue weighted by Gasteiger charge is -2.41. The van der Waals surface area contributed by atoms with Gasteiger partial charge in [-0.1, -0.05) is 32.0 Å². The molecule has 0 amide bonds. The molecule has 0 radical (unpaired) electrons. The quantitative estimate of drug-likeness (QED) is 0.830. The molecule has 18 heavy (non-hydrogen) atoms. The molecule has 2 N–H and O–H groups in total. The van der Waals surface area contributed by atoms with Crippen LogP contribution >= 0.6 is 0 Å². The predicted molar refractivity (Wildman–Crippen MR) is 78.5 cm³/mol. The molecule has 0 aliphatic carbocycles. The van der Waals surface area contributed by atoms with E-state index in [9.17, 15) is 0 Å². The predicted octanol–water partition coefficient (Wildman–Crippen LogP) is 3.18. The van der Waals surface area contributed by atoms with E-state index in [1.807, 2.05) is 12.1 Å². The summed E-state index contributed by atoms with van der Waals surface area (Å²) >= 11 is 0. The van der Waals surface area contributed by atoms with Crippen LogP contribution < -0.4 is 5.73 Å². The molecule has 1 aromatic rings. The second-order valence-corrected chi connectivity index (χ2v) is 6.00. The Hall–Kier alpha value is -1.02. The van der Waals surface area contributed by atoms with E-state index in [0.717, 1.165) is 30.5 Å². The van der Waals surface area contributed by atoms with Gasteiger partial charge < -0.3 is 5.73 Å². The first-order chi connectivity index (χ1) is 8.58. The molecule has 0 bridgehead atoms. The minimum atomic E-state index is 0.700. The van der Waals surface area contributed by atoms with Crippen molar-refractivity contribution in [1.29, 1.82) is 0 Å². The van der Waals surface area contributed by atoms with Crippen LogP contribution in [0.15, 0.2) is 24.3 Å². The van der Waals surface area contributed by atoms with Crippen LogP contribution in [0.4, 0.5) is 5.69 Å². The van der Waals surface area contributed by atoms with Gasteiger partial charge in [-0.15, -0.1) is 0 Å². The number of para-hydroxylation sites is 1. The molecular weight excluding hydrogens is 220 g/mol. The maximum Gasteiger partial charge on any atom is 0.0347 e. The Bertz CT molecular complexity index is 388. The average molecular weight is 246 g/mol. The number of benzene rings is 1. The van der Waals surface area contributed by atoms with Crippen LogP contribution in [0.5, 0.6) is 0 Å². The molecule has 2 rings (SSSR count). The van der Waals surface area contributed by atoms with Gasteiger partial charge >= 0.3 is 0 Å². The topological polar surface area (TPSA) is 29.3 Å². The lowest BCUT2D eigenvalue weighted by Crippen LogP contribution is -2.46. The molecule has 0 aromatic heterocycles. The molecule has 2 heteroatoms. The third kappa shape index (κ3) is 3.05. The Kier molecular flexibility index (Phi) is 4.28. The number of piperidine rings is 1. The van der Waals surface area contributed by atoms with Gasteiger partial charge in [-0.05, 0) is 43.2 Å². The van der Waals surface area contributed by atoms with E-state index >= 15 is 0 Å². The van der Waals surface area contributed by atoms with Crippen molar-refractivity contribution in [2.45, 2.75) is 39.7 Å². The first kappa shape index (κ1) is 13.4. The molecule has 3 atom stereocenters. The highest BCUT2D eigenvalue weighted by atomic mass is 15.2. The minimum Gasteiger partial charge on any atom is -0.399 e. The zero-order valence-electron chi connectivity index (χ0n) is 11.9. The standard InChI is InChI=1S/C16H26N2/c1-12-10-13(2)14(3)18(11-12)9-8-15-6-4-5-7-16(15)17/h4-7,12-14H,8-11,17H2,1-3H3. The number of nitrogen functional groups attached to an aromatic ring is 1. The highest BCUT2D eigenvalue weighted by molar-refractivity contribution is 5.46. The van der Waals surface area contributed by atoms with E-state index < -0.39 is 0 Å². The van der Waals surface area contributed by atoms with Gasteiger partial charge in [0.2, 0.25) is 0 Å². The van der Waals surface area contributed by atoms with E-state index in [1.54, 1.807) is 0 Å². The van der Waals surface area contributed by atoms with E-state index in [4.69, 9.17) is 5.73 Å². The highest BCUT2D eigenvalue weighted by Gasteiger charge is 2.28. The van der Waals surface area contributed by atoms with Crippen molar-refractivity contribution in [2.75, 3.05) is 18.8 Å². The first-order valence-electron chi connectivity index (χ1n) is 7.15. The van der Waals surface area contributed by atoms with Crippen LogP contribution in [0.3, 0.4) is 0 Å². The maximum atomic E-state index is 6.01. The van der Waals surface area contributed by atoms with Crippen molar-refractivity contribution < 1.29 is 0 Å². The Balaban J connectivity index is 1.95. The van der Waals surface area contributed by atoms with Crippen molar-refractivity contribution in [2.24, 2.45) is 11.8 Å². The minimum absolute atomic E-state index is 0.700. The van der Waals surface area contributed by atoms with Crippen molar-refractivity contribution >= 4 is 5.69 Å². The molecule has 0 spiro atoms. The lowest BCUT2D eigenvalue weighted by atomic mass is 9.86. The van der Waals surface area contributed by atoms with Crippen LogP contribution in [0.1, 0.15) is 32.8 Å². The van der Waals surface area contributed by atoms with E-state index in [2.05, 4.69) is 37.8 Å². The SMILES string of the molecule is CC1CC(C)C(C)N(CCc2ccccc2N)C1. The van der Waals surface area contributed by atoms with Crippen LogP contribution in [0.25, 0.3) is 0 Å². The second-order valence-electron chi connectivity index (χ2n) is 6.00. The average Bonchev–Trinajstić information content (AvgIpc) is 2.33. The van der Waals surface area contributed by atoms with Gasteiger partial charge in [-0.3, -0.25) is 4.90 Å². The smallest absolute Gasteiger partial charge is 0.0347 e. The Labute approximate surface area is 111 Å². The fourth-order valence-electron chi connectivity index (χ4n) is 3.15. The van der Waals surface area contributed by atoms with E-state index in [-0.39, 0.29) is 0 Å². The van der Waals surface area contributed by atoms with Gasteiger partial charge in [-0.2, -0.15) is 0 Å². The third-order valence-electron chi connectivity index (χ3n) is 4.44. The van der Waals surface area contributed by atoms with Crippen molar-refractivity contribution in [3.63, 3.8) is 0 Å². The second kappa shape index (κ2) is 5.75. The molecule has 1 aliphatic rings. The van der Waals surface area contributed by atoms with Crippen molar-refractivity contribution in [3.8, 4) is 0 Å². The number of anilines is 1. The van der Waals surface area contributed by atoms with E-state index in [1.165, 1.54) is 18.5 Å². The molecule has 1 fully saturated rings. The van der Waals surface area contributed by atoms with Crippen LogP contribution in [-0.2, 0) is 6.42 Å². The van der Waals surface area contributed by atoms with Crippen LogP contribution in [-0.4, -0.2) is 24.0 Å². The van der Waals surface area contributed by atoms with Gasteiger partial charge in [0, 0.05) is 24.8 Å². The van der Waals surface area contributed by atoms with Crippen LogP contribution in [0.2, 0.25) is 0 Å². The summed E-state index contributed by atoms with van der Waals surface area (Å²) in [5.74, 6) is 1.63. The number of rotatable bonds is 3. The summed E-state index contributed by atoms with van der Waals surface area (Å²) in [6, 6.07) is 8.94. The van der Waals surface area contributed by atoms with Crippen molar-refractivity contribution in [1.82, 2.24) is 4.90 Å². The van der Waals surface area contributed by atoms with E-state index in [0.29, 0.717) is 6.04 Å². The largest absolute Gasteiger partial charge is 0.399 e. The maximum absolute atomic E-state index is 6.01. The molecule has 100 valence electrons. The summed E-state index contributed by atoms with van der Waals surface area (Å²) in [4.78, 5) is 2.63. The van der Waals surface area contributed by atoms with Crippen molar-refractivity contribution in [3.05, 3.63) is 29.8 Å². The van der Waals surface area contributed by atoms with Gasteiger partial charge in [0.1, 0.15) is 0 Å². The number of hydrogen-bond donors (Lipinski definition) is 1. The molecule has 1 saturated heterocycles. The number of nitrogens with two attached hydrogens (primary N) is 1. The summed E-state index contributed by atoms with van der Waals surface area (Å²) in [5, 5.41) is 0. The lowest BCUT2D eigenvalue weighted by molar-refractivity contribution is 0.0810. The molecule has 1 aliphatic heterocycles. The number of hydrogen-bond acceptors (Lipinski definition) is 2. The number of likely N-dealkylation sites (tertiary alicyclic amines) is 1. The zero-order chi connectivity index (χ0) is 13.1. The molecule has 1 aromatic carbocycles. The number of nitrogens with zero attached hydrogens (tertiary/aromatic N) is 1. The molecular formula is C16H26N2. The first-order valence-corrected chi connectivity index (χ1v) is 7.15. The summed E-state index contributed by atoms with van der Waals surface area (Å²) in [5.41, 5.74) is 8.23. The summed E-state index contributed by atoms with van der Waals surface area (Å²) in [6.07, 6.45) is 2.43. The highest BCUT2D eigenvalue weighted by Crippen LogP contribution is 2.27. The molecule has 2 nitrogen and oxygen atoms in total. The Morgan fingerprint density at radius 1 is 1.22 bits per heavy atom. The van der Waals surface area contributed by atoms with Gasteiger partial charge in [0.15, 0.2) is 0 Å². The summed E-state index contributed by atoms with van der Waals surface area (Å²) in [7, 11) is 0. The van der Waals surface area contributed by atoms with Gasteiger partial charge in [0.05, 0.1) is 0 Å². The van der Waals surface area contributed by atoms with Gasteiger partial charge in [0.25, 0.3) is 0 Å². The molecule has 3 unspecified atom stereocenters. The molecule has 0 saturated carbocycles. The molecule has 1 heterocycles.